The van der Waals surface area contributed by atoms with Crippen molar-refractivity contribution in [3.63, 3.8) is 0 Å². The molecule has 0 aromatic carbocycles. The molecule has 0 unspecified atom stereocenters. The number of rotatable bonds is 0. The number of aliphatic hydroxyl groups excluding tert-OH is 2. The Kier molecular flexibility index (Phi) is 1.42. The number of hydrogen-bond donors (Lipinski definition) is 2. The van der Waals surface area contributed by atoms with E-state index in [1.54, 1.807) is 0 Å². The molecule has 2 fully saturated rings. The number of fused-ring (bicyclic) bond motifs is 1. The third kappa shape index (κ3) is 0.769. The average Bonchev–Trinajstić information content (AvgIpc) is 2.40. The molecule has 4 heteroatoms. The summed E-state index contributed by atoms with van der Waals surface area (Å²) < 4.78 is 10.1. The molecule has 0 aliphatic carbocycles. The van der Waals surface area contributed by atoms with Gasteiger partial charge in [0.15, 0.2) is 6.29 Å². The lowest BCUT2D eigenvalue weighted by Gasteiger charge is -2.11. The first-order chi connectivity index (χ1) is 4.79. The number of aliphatic hydroxyl groups is 2. The zero-order valence-corrected chi connectivity index (χ0v) is 5.43. The van der Waals surface area contributed by atoms with Crippen LogP contribution >= 0.6 is 0 Å². The SMILES string of the molecule is O[C@@H]1CO[C@H]2OC[C@H](O)[C@H]21. The molecule has 0 aromatic rings. The van der Waals surface area contributed by atoms with Crippen LogP contribution in [0, 0.1) is 5.92 Å². The third-order valence-corrected chi connectivity index (χ3v) is 2.07. The molecule has 0 aromatic heterocycles. The molecule has 2 N–H and O–H groups in total. The van der Waals surface area contributed by atoms with E-state index in [0.29, 0.717) is 0 Å². The van der Waals surface area contributed by atoms with Gasteiger partial charge in [0.2, 0.25) is 0 Å². The lowest BCUT2D eigenvalue weighted by atomic mass is 10.0. The molecule has 0 saturated carbocycles. The second kappa shape index (κ2) is 2.17. The van der Waals surface area contributed by atoms with Crippen molar-refractivity contribution < 1.29 is 19.7 Å². The van der Waals surface area contributed by atoms with E-state index in [1.807, 2.05) is 0 Å². The Bertz CT molecular complexity index is 124. The van der Waals surface area contributed by atoms with Crippen LogP contribution in [0.2, 0.25) is 0 Å². The summed E-state index contributed by atoms with van der Waals surface area (Å²) in [6.07, 6.45) is -1.48. The summed E-state index contributed by atoms with van der Waals surface area (Å²) in [4.78, 5) is 0. The van der Waals surface area contributed by atoms with Crippen molar-refractivity contribution in [2.75, 3.05) is 13.2 Å². The maximum atomic E-state index is 9.20. The molecule has 4 nitrogen and oxygen atoms in total. The summed E-state index contributed by atoms with van der Waals surface area (Å²) in [5.41, 5.74) is 0. The molecule has 2 saturated heterocycles. The molecule has 10 heavy (non-hydrogen) atoms. The van der Waals surface area contributed by atoms with E-state index in [9.17, 15) is 10.2 Å². The van der Waals surface area contributed by atoms with Crippen molar-refractivity contribution in [3.05, 3.63) is 0 Å². The fourth-order valence-electron chi connectivity index (χ4n) is 1.50. The van der Waals surface area contributed by atoms with Gasteiger partial charge in [-0.15, -0.1) is 0 Å². The Hall–Kier alpha value is -0.160. The lowest BCUT2D eigenvalue weighted by molar-refractivity contribution is -0.0911. The minimum atomic E-state index is -0.553. The summed E-state index contributed by atoms with van der Waals surface area (Å²) in [5.74, 6) is -0.222. The highest BCUT2D eigenvalue weighted by Gasteiger charge is 2.46. The van der Waals surface area contributed by atoms with Crippen molar-refractivity contribution in [3.8, 4) is 0 Å². The van der Waals surface area contributed by atoms with Crippen molar-refractivity contribution in [2.45, 2.75) is 18.5 Å². The summed E-state index contributed by atoms with van der Waals surface area (Å²) in [7, 11) is 0. The highest BCUT2D eigenvalue weighted by molar-refractivity contribution is 4.88. The number of hydrogen-bond acceptors (Lipinski definition) is 4. The van der Waals surface area contributed by atoms with Gasteiger partial charge in [-0.2, -0.15) is 0 Å². The molecule has 2 aliphatic rings. The van der Waals surface area contributed by atoms with Crippen LogP contribution < -0.4 is 0 Å². The van der Waals surface area contributed by atoms with Crippen molar-refractivity contribution in [1.82, 2.24) is 0 Å². The summed E-state index contributed by atoms with van der Waals surface area (Å²) in [5, 5.41) is 18.4. The average molecular weight is 146 g/mol. The monoisotopic (exact) mass is 146 g/mol. The lowest BCUT2D eigenvalue weighted by Crippen LogP contribution is -2.29. The smallest absolute Gasteiger partial charge is 0.165 e. The highest BCUT2D eigenvalue weighted by atomic mass is 16.7. The molecule has 0 bridgehead atoms. The van der Waals surface area contributed by atoms with Crippen LogP contribution in [0.15, 0.2) is 0 Å². The normalized spacial score (nSPS) is 53.4. The van der Waals surface area contributed by atoms with Gasteiger partial charge in [-0.25, -0.2) is 0 Å². The van der Waals surface area contributed by atoms with Gasteiger partial charge in [0.1, 0.15) is 0 Å². The Morgan fingerprint density at radius 1 is 1.00 bits per heavy atom. The first kappa shape index (κ1) is 6.54. The Morgan fingerprint density at radius 3 is 1.90 bits per heavy atom. The zero-order valence-electron chi connectivity index (χ0n) is 5.43. The van der Waals surface area contributed by atoms with Crippen LogP contribution in [0.5, 0.6) is 0 Å². The Balaban J connectivity index is 2.11. The highest BCUT2D eigenvalue weighted by Crippen LogP contribution is 2.31. The molecule has 4 atom stereocenters. The largest absolute Gasteiger partial charge is 0.390 e. The van der Waals surface area contributed by atoms with Crippen LogP contribution in [0.3, 0.4) is 0 Å². The summed E-state index contributed by atoms with van der Waals surface area (Å²) in [6, 6.07) is 0. The minimum absolute atomic E-state index is 0.222. The van der Waals surface area contributed by atoms with E-state index in [0.717, 1.165) is 0 Å². The molecule has 2 aliphatic heterocycles. The maximum absolute atomic E-state index is 9.20. The van der Waals surface area contributed by atoms with Crippen LogP contribution in [0.1, 0.15) is 0 Å². The van der Waals surface area contributed by atoms with Crippen molar-refractivity contribution in [1.29, 1.82) is 0 Å². The predicted octanol–water partition coefficient (Wildman–Crippen LogP) is -1.29. The van der Waals surface area contributed by atoms with Crippen LogP contribution in [0.25, 0.3) is 0 Å². The van der Waals surface area contributed by atoms with E-state index in [-0.39, 0.29) is 25.4 Å². The van der Waals surface area contributed by atoms with Gasteiger partial charge >= 0.3 is 0 Å². The molecule has 2 rings (SSSR count). The van der Waals surface area contributed by atoms with Crippen molar-refractivity contribution in [2.24, 2.45) is 5.92 Å². The van der Waals surface area contributed by atoms with Crippen molar-refractivity contribution >= 4 is 0 Å². The van der Waals surface area contributed by atoms with Crippen LogP contribution in [-0.4, -0.2) is 41.9 Å². The minimum Gasteiger partial charge on any atom is -0.390 e. The van der Waals surface area contributed by atoms with E-state index in [2.05, 4.69) is 0 Å². The van der Waals surface area contributed by atoms with Gasteiger partial charge in [0.25, 0.3) is 0 Å². The van der Waals surface area contributed by atoms with E-state index < -0.39 is 12.2 Å². The Labute approximate surface area is 58.4 Å². The van der Waals surface area contributed by atoms with Gasteiger partial charge in [0.05, 0.1) is 31.3 Å². The van der Waals surface area contributed by atoms with E-state index >= 15 is 0 Å². The molecular weight excluding hydrogens is 136 g/mol. The van der Waals surface area contributed by atoms with Gasteiger partial charge in [-0.3, -0.25) is 0 Å². The first-order valence-electron chi connectivity index (χ1n) is 3.38. The van der Waals surface area contributed by atoms with Gasteiger partial charge < -0.3 is 19.7 Å². The molecule has 0 radical (unpaired) electrons. The quantitative estimate of drug-likeness (QED) is 0.446. The first-order valence-corrected chi connectivity index (χ1v) is 3.38. The maximum Gasteiger partial charge on any atom is 0.165 e. The zero-order chi connectivity index (χ0) is 7.14. The molecular formula is C6H10O4. The van der Waals surface area contributed by atoms with Crippen LogP contribution in [0.4, 0.5) is 0 Å². The summed E-state index contributed by atoms with van der Waals surface area (Å²) in [6.45, 7) is 0.568. The molecule has 58 valence electrons. The van der Waals surface area contributed by atoms with Crippen LogP contribution in [-0.2, 0) is 9.47 Å². The predicted molar refractivity (Wildman–Crippen MR) is 31.2 cm³/mol. The Morgan fingerprint density at radius 2 is 1.50 bits per heavy atom. The third-order valence-electron chi connectivity index (χ3n) is 2.07. The second-order valence-corrected chi connectivity index (χ2v) is 2.75. The molecule has 0 spiro atoms. The van der Waals surface area contributed by atoms with Gasteiger partial charge in [-0.05, 0) is 0 Å². The van der Waals surface area contributed by atoms with E-state index in [4.69, 9.17) is 9.47 Å². The van der Waals surface area contributed by atoms with Gasteiger partial charge in [-0.1, -0.05) is 0 Å². The molecule has 2 heterocycles. The fraction of sp³-hybridized carbons (Fsp3) is 1.00. The fourth-order valence-corrected chi connectivity index (χ4v) is 1.50. The molecule has 0 amide bonds. The van der Waals surface area contributed by atoms with E-state index in [1.165, 1.54) is 0 Å². The topological polar surface area (TPSA) is 58.9 Å². The summed E-state index contributed by atoms with van der Waals surface area (Å²) >= 11 is 0. The number of ether oxygens (including phenoxy) is 2. The van der Waals surface area contributed by atoms with Gasteiger partial charge in [0, 0.05) is 0 Å². The second-order valence-electron chi connectivity index (χ2n) is 2.75. The standard InChI is InChI=1S/C6H10O4/c7-3-1-9-6-5(3)4(8)2-10-6/h3-8H,1-2H2/t3-,4+,5-,6+.